The van der Waals surface area contributed by atoms with Crippen molar-refractivity contribution < 1.29 is 9.32 Å². The highest BCUT2D eigenvalue weighted by Gasteiger charge is 2.27. The molecule has 1 aromatic rings. The highest BCUT2D eigenvalue weighted by molar-refractivity contribution is 5.79. The molecule has 108 valence electrons. The second kappa shape index (κ2) is 5.35. The smallest absolute Gasteiger partial charge is 0.225 e. The van der Waals surface area contributed by atoms with E-state index in [9.17, 15) is 4.79 Å². The fourth-order valence-corrected chi connectivity index (χ4v) is 2.71. The maximum absolute atomic E-state index is 12.1. The predicted octanol–water partition coefficient (Wildman–Crippen LogP) is 3.16. The van der Waals surface area contributed by atoms with Crippen LogP contribution in [0.15, 0.2) is 4.52 Å². The van der Waals surface area contributed by atoms with Crippen LogP contribution in [0.3, 0.4) is 0 Å². The molecule has 19 heavy (non-hydrogen) atoms. The van der Waals surface area contributed by atoms with E-state index >= 15 is 0 Å². The summed E-state index contributed by atoms with van der Waals surface area (Å²) in [6, 6.07) is 0. The van der Waals surface area contributed by atoms with E-state index in [-0.39, 0.29) is 16.9 Å². The molecular weight excluding hydrogens is 240 g/mol. The molecule has 1 aromatic heterocycles. The first kappa shape index (κ1) is 15.7. The number of amides is 1. The van der Waals surface area contributed by atoms with Gasteiger partial charge in [0.05, 0.1) is 12.1 Å². The number of hydrogen-bond donors (Lipinski definition) is 1. The Hall–Kier alpha value is -1.32. The van der Waals surface area contributed by atoms with Gasteiger partial charge in [-0.2, -0.15) is 0 Å². The topological polar surface area (TPSA) is 55.1 Å². The largest absolute Gasteiger partial charge is 0.361 e. The molecule has 0 saturated carbocycles. The number of carbonyl (C=O) groups is 1. The molecule has 0 bridgehead atoms. The van der Waals surface area contributed by atoms with Crippen molar-refractivity contribution in [2.75, 3.05) is 0 Å². The first-order valence-electron chi connectivity index (χ1n) is 6.73. The molecule has 0 aliphatic carbocycles. The minimum absolute atomic E-state index is 0.0173. The van der Waals surface area contributed by atoms with Crippen LogP contribution in [-0.2, 0) is 11.2 Å². The molecule has 1 amide bonds. The van der Waals surface area contributed by atoms with Crippen LogP contribution in [-0.4, -0.2) is 16.6 Å². The van der Waals surface area contributed by atoms with Gasteiger partial charge in [-0.05, 0) is 39.5 Å². The quantitative estimate of drug-likeness (QED) is 0.910. The van der Waals surface area contributed by atoms with E-state index in [2.05, 4.69) is 45.1 Å². The van der Waals surface area contributed by atoms with Gasteiger partial charge >= 0.3 is 0 Å². The van der Waals surface area contributed by atoms with Gasteiger partial charge in [-0.15, -0.1) is 0 Å². The lowest BCUT2D eigenvalue weighted by molar-refractivity contribution is -0.122. The van der Waals surface area contributed by atoms with Crippen LogP contribution in [0.1, 0.15) is 58.1 Å². The monoisotopic (exact) mass is 266 g/mol. The van der Waals surface area contributed by atoms with Gasteiger partial charge in [0, 0.05) is 11.1 Å². The average Bonchev–Trinajstić information content (AvgIpc) is 2.44. The van der Waals surface area contributed by atoms with Crippen molar-refractivity contribution in [3.63, 3.8) is 0 Å². The molecule has 0 aliphatic heterocycles. The van der Waals surface area contributed by atoms with Gasteiger partial charge in [0.1, 0.15) is 5.76 Å². The maximum atomic E-state index is 12.1. The molecule has 1 heterocycles. The summed E-state index contributed by atoms with van der Waals surface area (Å²) in [7, 11) is 0. The van der Waals surface area contributed by atoms with Gasteiger partial charge in [-0.3, -0.25) is 4.79 Å². The minimum atomic E-state index is -0.214. The van der Waals surface area contributed by atoms with Gasteiger partial charge in [0.2, 0.25) is 5.91 Å². The fourth-order valence-electron chi connectivity index (χ4n) is 2.71. The summed E-state index contributed by atoms with van der Waals surface area (Å²) in [4.78, 5) is 12.1. The van der Waals surface area contributed by atoms with Crippen LogP contribution >= 0.6 is 0 Å². The lowest BCUT2D eigenvalue weighted by Gasteiger charge is -2.33. The molecule has 0 saturated heterocycles. The Morgan fingerprint density at radius 2 is 1.79 bits per heavy atom. The third-order valence-electron chi connectivity index (χ3n) is 2.97. The second-order valence-electron chi connectivity index (χ2n) is 7.15. The highest BCUT2D eigenvalue weighted by atomic mass is 16.5. The van der Waals surface area contributed by atoms with Gasteiger partial charge in [-0.25, -0.2) is 0 Å². The van der Waals surface area contributed by atoms with E-state index < -0.39 is 0 Å². The molecule has 0 unspecified atom stereocenters. The maximum Gasteiger partial charge on any atom is 0.225 e. The summed E-state index contributed by atoms with van der Waals surface area (Å²) in [5.74, 6) is 0.741. The number of aromatic nitrogens is 1. The molecule has 0 fully saturated rings. The standard InChI is InChI=1S/C15H26N2O2/c1-10-12(11(2)19-17-10)8-13(18)16-15(6,7)9-14(3,4)5/h8-9H2,1-7H3,(H,16,18). The Kier molecular flexibility index (Phi) is 4.43. The number of nitrogens with zero attached hydrogens (tertiary/aromatic N) is 1. The fraction of sp³-hybridized carbons (Fsp3) is 0.733. The lowest BCUT2D eigenvalue weighted by atomic mass is 9.81. The normalized spacial score (nSPS) is 12.6. The first-order valence-corrected chi connectivity index (χ1v) is 6.73. The second-order valence-corrected chi connectivity index (χ2v) is 7.15. The van der Waals surface area contributed by atoms with E-state index in [0.717, 1.165) is 23.4 Å². The first-order chi connectivity index (χ1) is 8.50. The molecule has 0 aromatic carbocycles. The highest BCUT2D eigenvalue weighted by Crippen LogP contribution is 2.27. The number of hydrogen-bond acceptors (Lipinski definition) is 3. The van der Waals surface area contributed by atoms with Gasteiger partial charge in [0.25, 0.3) is 0 Å². The summed E-state index contributed by atoms with van der Waals surface area (Å²) in [6.45, 7) is 14.3. The third kappa shape index (κ3) is 5.05. The Morgan fingerprint density at radius 3 is 2.21 bits per heavy atom. The van der Waals surface area contributed by atoms with E-state index in [4.69, 9.17) is 4.52 Å². The predicted molar refractivity (Wildman–Crippen MR) is 76.0 cm³/mol. The number of nitrogens with one attached hydrogen (secondary N) is 1. The molecule has 0 atom stereocenters. The SMILES string of the molecule is Cc1noc(C)c1CC(=O)NC(C)(C)CC(C)(C)C. The zero-order valence-corrected chi connectivity index (χ0v) is 13.2. The number of aryl methyl sites for hydroxylation is 2. The minimum Gasteiger partial charge on any atom is -0.361 e. The van der Waals surface area contributed by atoms with Crippen molar-refractivity contribution in [2.45, 2.75) is 66.8 Å². The van der Waals surface area contributed by atoms with Crippen LogP contribution in [0.25, 0.3) is 0 Å². The Labute approximate surface area is 115 Å². The number of carbonyl (C=O) groups excluding carboxylic acids is 1. The zero-order valence-electron chi connectivity index (χ0n) is 13.2. The Balaban J connectivity index is 2.66. The van der Waals surface area contributed by atoms with Crippen LogP contribution < -0.4 is 5.32 Å². The van der Waals surface area contributed by atoms with Crippen LogP contribution in [0.5, 0.6) is 0 Å². The van der Waals surface area contributed by atoms with E-state index in [0.29, 0.717) is 6.42 Å². The third-order valence-corrected chi connectivity index (χ3v) is 2.97. The van der Waals surface area contributed by atoms with Crippen molar-refractivity contribution >= 4 is 5.91 Å². The van der Waals surface area contributed by atoms with Crippen molar-refractivity contribution in [3.8, 4) is 0 Å². The van der Waals surface area contributed by atoms with E-state index in [1.54, 1.807) is 0 Å². The Morgan fingerprint density at radius 1 is 1.21 bits per heavy atom. The molecular formula is C15H26N2O2. The number of rotatable bonds is 4. The summed E-state index contributed by atoms with van der Waals surface area (Å²) >= 11 is 0. The summed E-state index contributed by atoms with van der Waals surface area (Å²) in [5.41, 5.74) is 1.65. The molecule has 0 spiro atoms. The Bertz CT molecular complexity index is 434. The van der Waals surface area contributed by atoms with Crippen molar-refractivity contribution in [1.29, 1.82) is 0 Å². The van der Waals surface area contributed by atoms with Crippen LogP contribution in [0.2, 0.25) is 0 Å². The molecule has 1 N–H and O–H groups in total. The molecule has 1 rings (SSSR count). The summed E-state index contributed by atoms with van der Waals surface area (Å²) < 4.78 is 5.08. The molecule has 4 nitrogen and oxygen atoms in total. The van der Waals surface area contributed by atoms with Gasteiger partial charge in [0.15, 0.2) is 0 Å². The van der Waals surface area contributed by atoms with Crippen molar-refractivity contribution in [1.82, 2.24) is 10.5 Å². The van der Waals surface area contributed by atoms with Crippen molar-refractivity contribution in [3.05, 3.63) is 17.0 Å². The van der Waals surface area contributed by atoms with Gasteiger partial charge < -0.3 is 9.84 Å². The van der Waals surface area contributed by atoms with Gasteiger partial charge in [-0.1, -0.05) is 25.9 Å². The average molecular weight is 266 g/mol. The van der Waals surface area contributed by atoms with Crippen LogP contribution in [0, 0.1) is 19.3 Å². The van der Waals surface area contributed by atoms with Crippen LogP contribution in [0.4, 0.5) is 0 Å². The summed E-state index contributed by atoms with van der Waals surface area (Å²) in [6.07, 6.45) is 1.25. The molecule has 4 heteroatoms. The van der Waals surface area contributed by atoms with E-state index in [1.165, 1.54) is 0 Å². The lowest BCUT2D eigenvalue weighted by Crippen LogP contribution is -2.46. The van der Waals surface area contributed by atoms with Crippen molar-refractivity contribution in [2.24, 2.45) is 5.41 Å². The summed E-state index contributed by atoms with van der Waals surface area (Å²) in [5, 5.41) is 6.97. The molecule has 0 radical (unpaired) electrons. The molecule has 0 aliphatic rings. The zero-order chi connectivity index (χ0) is 14.8. The van der Waals surface area contributed by atoms with E-state index in [1.807, 2.05) is 13.8 Å².